The van der Waals surface area contributed by atoms with Gasteiger partial charge in [0.1, 0.15) is 47.2 Å². The second-order valence-corrected chi connectivity index (χ2v) is 20.7. The Hall–Kier alpha value is -5.61. The number of anilines is 2. The minimum absolute atomic E-state index is 0.0314. The van der Waals surface area contributed by atoms with E-state index in [0.29, 0.717) is 28.1 Å². The van der Waals surface area contributed by atoms with E-state index >= 15 is 0 Å². The SMILES string of the molecule is CC(C)OC(=O)C(C)(C)NP(=O)(CO[C@H](C)Cn1cnc2c(N)nc(CC(C)C(=O)OCOP(=O)(CO[C@H](C)Cn3cnc4c(N)ncnc43)OCOC(=O)C(C)C)nc21)Oc1ccccc1. The number of carbonyl (C=O) groups excluding carboxylic acids is 3. The van der Waals surface area contributed by atoms with E-state index < -0.39 is 95.0 Å². The number of nitrogen functional groups attached to an aromatic ring is 2. The van der Waals surface area contributed by atoms with Gasteiger partial charge < -0.3 is 48.8 Å². The van der Waals surface area contributed by atoms with Crippen molar-refractivity contribution in [2.24, 2.45) is 11.8 Å². The summed E-state index contributed by atoms with van der Waals surface area (Å²) in [5, 5.41) is 2.85. The van der Waals surface area contributed by atoms with E-state index in [-0.39, 0.29) is 37.0 Å². The summed E-state index contributed by atoms with van der Waals surface area (Å²) in [6, 6.07) is 8.49. The number of nitrogens with zero attached hydrogens (tertiary/aromatic N) is 8. The zero-order chi connectivity index (χ0) is 49.1. The van der Waals surface area contributed by atoms with Crippen molar-refractivity contribution in [3.05, 3.63) is 55.1 Å². The number of benzene rings is 1. The molecule has 4 aromatic heterocycles. The zero-order valence-electron chi connectivity index (χ0n) is 38.9. The summed E-state index contributed by atoms with van der Waals surface area (Å²) in [6.45, 7) is 13.6. The highest BCUT2D eigenvalue weighted by Gasteiger charge is 2.40. The summed E-state index contributed by atoms with van der Waals surface area (Å²) >= 11 is 0. The number of fused-ring (bicyclic) bond motifs is 2. The van der Waals surface area contributed by atoms with Crippen molar-refractivity contribution in [1.29, 1.82) is 0 Å². The van der Waals surface area contributed by atoms with Gasteiger partial charge in [0.15, 0.2) is 22.9 Å². The Morgan fingerprint density at radius 2 is 1.33 bits per heavy atom. The third-order valence-corrected chi connectivity index (χ3v) is 12.8. The number of hydrogen-bond acceptors (Lipinski definition) is 21. The van der Waals surface area contributed by atoms with Gasteiger partial charge in [0.25, 0.3) is 0 Å². The standard InChI is InChI=1S/C41H59N11O13P2/c1-25(2)38(53)58-21-62-67(57,24-61-29(7)16-51-19-46-32-34(42)44-18-45-36(32)51)63-22-59-39(54)27(5)15-31-48-35(43)33-37(49-31)52(20-47-33)17-28(6)60-23-66(56,65-30-13-11-10-12-14-30)50-41(8,9)40(55)64-26(3)4/h10-14,18-20,25-29H,15-17,21-24H2,1-9H3,(H,50,56)(H2,42,44,45)(H2,43,48,49)/t27?,28-,29-,66?,67?/m1/s1. The first-order valence-corrected chi connectivity index (χ1v) is 24.8. The second-order valence-electron chi connectivity index (χ2n) is 16.7. The van der Waals surface area contributed by atoms with Crippen LogP contribution < -0.4 is 21.1 Å². The van der Waals surface area contributed by atoms with Crippen molar-refractivity contribution >= 4 is 67.0 Å². The van der Waals surface area contributed by atoms with E-state index in [1.54, 1.807) is 102 Å². The fourth-order valence-corrected chi connectivity index (χ4v) is 9.15. The summed E-state index contributed by atoms with van der Waals surface area (Å²) in [5.74, 6) is -2.54. The maximum atomic E-state index is 14.3. The van der Waals surface area contributed by atoms with Crippen LogP contribution in [0, 0.1) is 11.8 Å². The predicted octanol–water partition coefficient (Wildman–Crippen LogP) is 5.21. The smallest absolute Gasteiger partial charge is 0.361 e. The molecule has 0 fully saturated rings. The van der Waals surface area contributed by atoms with E-state index in [1.165, 1.54) is 19.0 Å². The van der Waals surface area contributed by atoms with E-state index in [1.807, 2.05) is 0 Å². The van der Waals surface area contributed by atoms with Gasteiger partial charge in [-0.3, -0.25) is 32.6 Å². The minimum atomic E-state index is -4.20. The molecule has 24 nitrogen and oxygen atoms in total. The molecule has 5 aromatic rings. The molecule has 0 saturated carbocycles. The number of aromatic nitrogens is 8. The first kappa shape index (κ1) is 52.4. The van der Waals surface area contributed by atoms with E-state index in [9.17, 15) is 23.5 Å². The second kappa shape index (κ2) is 22.9. The van der Waals surface area contributed by atoms with Crippen molar-refractivity contribution in [3.8, 4) is 5.75 Å². The van der Waals surface area contributed by atoms with Gasteiger partial charge in [0.05, 0.1) is 55.9 Å². The van der Waals surface area contributed by atoms with Crippen LogP contribution in [0.2, 0.25) is 0 Å². The highest BCUT2D eigenvalue weighted by atomic mass is 31.2. The maximum absolute atomic E-state index is 14.3. The Balaban J connectivity index is 1.19. The molecule has 0 aliphatic carbocycles. The molecule has 0 saturated heterocycles. The number of nitrogens with one attached hydrogen (secondary N) is 1. The topological polar surface area (TPSA) is 310 Å². The van der Waals surface area contributed by atoms with Crippen molar-refractivity contribution in [2.45, 2.75) is 106 Å². The molecule has 0 spiro atoms. The van der Waals surface area contributed by atoms with Crippen LogP contribution in [0.25, 0.3) is 22.3 Å². The van der Waals surface area contributed by atoms with Gasteiger partial charge in [-0.25, -0.2) is 35.0 Å². The third-order valence-electron chi connectivity index (χ3n) is 9.48. The molecule has 1 aromatic carbocycles. The number of esters is 3. The summed E-state index contributed by atoms with van der Waals surface area (Å²) < 4.78 is 75.7. The number of rotatable bonds is 26. The van der Waals surface area contributed by atoms with Gasteiger partial charge in [-0.1, -0.05) is 39.0 Å². The first-order chi connectivity index (χ1) is 31.6. The Morgan fingerprint density at radius 1 is 0.746 bits per heavy atom. The van der Waals surface area contributed by atoms with Crippen LogP contribution >= 0.6 is 15.1 Å². The van der Waals surface area contributed by atoms with Crippen LogP contribution in [-0.4, -0.2) is 107 Å². The number of para-hydroxylation sites is 1. The van der Waals surface area contributed by atoms with Crippen LogP contribution in [0.3, 0.4) is 0 Å². The number of imidazole rings is 2. The van der Waals surface area contributed by atoms with Gasteiger partial charge in [0, 0.05) is 6.42 Å². The molecule has 5 N–H and O–H groups in total. The lowest BCUT2D eigenvalue weighted by Crippen LogP contribution is -2.48. The lowest BCUT2D eigenvalue weighted by Gasteiger charge is -2.31. The fraction of sp³-hybridized carbons (Fsp3) is 0.537. The Labute approximate surface area is 387 Å². The number of hydrogen-bond donors (Lipinski definition) is 3. The molecular formula is C41H59N11O13P2. The molecule has 5 rings (SSSR count). The average Bonchev–Trinajstić information content (AvgIpc) is 3.86. The lowest BCUT2D eigenvalue weighted by atomic mass is 10.1. The number of nitrogens with two attached hydrogens (primary N) is 2. The maximum Gasteiger partial charge on any atom is 0.361 e. The van der Waals surface area contributed by atoms with Crippen molar-refractivity contribution < 1.29 is 60.8 Å². The molecule has 5 atom stereocenters. The molecule has 4 heterocycles. The van der Waals surface area contributed by atoms with Crippen molar-refractivity contribution in [2.75, 3.05) is 37.7 Å². The van der Waals surface area contributed by atoms with Crippen LogP contribution in [0.1, 0.15) is 68.1 Å². The molecule has 0 aliphatic heterocycles. The van der Waals surface area contributed by atoms with E-state index in [2.05, 4.69) is 35.0 Å². The van der Waals surface area contributed by atoms with Crippen LogP contribution in [-0.2, 0) is 75.8 Å². The quantitative estimate of drug-likeness (QED) is 0.0277. The average molecular weight is 976 g/mol. The summed E-state index contributed by atoms with van der Waals surface area (Å²) in [7, 11) is -8.11. The predicted molar refractivity (Wildman–Crippen MR) is 243 cm³/mol. The van der Waals surface area contributed by atoms with Gasteiger partial charge >= 0.3 is 33.0 Å². The number of carbonyl (C=O) groups is 3. The fourth-order valence-electron chi connectivity index (χ4n) is 6.05. The summed E-state index contributed by atoms with van der Waals surface area (Å²) in [4.78, 5) is 63.8. The zero-order valence-corrected chi connectivity index (χ0v) is 40.7. The summed E-state index contributed by atoms with van der Waals surface area (Å²) in [6.07, 6.45) is 1.67. The Morgan fingerprint density at radius 3 is 1.94 bits per heavy atom. The molecule has 0 amide bonds. The lowest BCUT2D eigenvalue weighted by molar-refractivity contribution is -0.157. The monoisotopic (exact) mass is 975 g/mol. The molecule has 0 radical (unpaired) electrons. The van der Waals surface area contributed by atoms with E-state index in [0.717, 1.165) is 0 Å². The minimum Gasteiger partial charge on any atom is -0.462 e. The van der Waals surface area contributed by atoms with Crippen LogP contribution in [0.15, 0.2) is 49.3 Å². The van der Waals surface area contributed by atoms with E-state index in [4.69, 9.17) is 48.7 Å². The largest absolute Gasteiger partial charge is 0.462 e. The van der Waals surface area contributed by atoms with Crippen LogP contribution in [0.4, 0.5) is 11.6 Å². The molecule has 0 aliphatic rings. The Kier molecular flexibility index (Phi) is 17.9. The van der Waals surface area contributed by atoms with Gasteiger partial charge in [-0.05, 0) is 53.7 Å². The van der Waals surface area contributed by atoms with Gasteiger partial charge in [-0.15, -0.1) is 0 Å². The molecule has 67 heavy (non-hydrogen) atoms. The Bertz CT molecular complexity index is 2570. The molecule has 0 bridgehead atoms. The molecular weight excluding hydrogens is 916 g/mol. The van der Waals surface area contributed by atoms with Gasteiger partial charge in [0.2, 0.25) is 13.6 Å². The molecule has 26 heteroatoms. The first-order valence-electron chi connectivity index (χ1n) is 21.2. The van der Waals surface area contributed by atoms with Gasteiger partial charge in [-0.2, -0.15) is 0 Å². The van der Waals surface area contributed by atoms with Crippen molar-refractivity contribution in [3.63, 3.8) is 0 Å². The summed E-state index contributed by atoms with van der Waals surface area (Å²) in [5.41, 5.74) is 12.3. The molecule has 3 unspecified atom stereocenters. The van der Waals surface area contributed by atoms with Crippen LogP contribution in [0.5, 0.6) is 5.75 Å². The molecule has 366 valence electrons. The highest BCUT2D eigenvalue weighted by molar-refractivity contribution is 7.57. The van der Waals surface area contributed by atoms with Crippen molar-refractivity contribution in [1.82, 2.24) is 44.1 Å². The number of ether oxygens (including phenoxy) is 5. The highest BCUT2D eigenvalue weighted by Crippen LogP contribution is 2.49. The normalized spacial score (nSPS) is 15.2. The third kappa shape index (κ3) is 14.9.